The van der Waals surface area contributed by atoms with Crippen molar-refractivity contribution < 1.29 is 9.66 Å². The molecule has 4 nitrogen and oxygen atoms in total. The van der Waals surface area contributed by atoms with E-state index in [9.17, 15) is 10.1 Å². The zero-order valence-corrected chi connectivity index (χ0v) is 8.67. The third-order valence-electron chi connectivity index (χ3n) is 1.72. The molecule has 0 radical (unpaired) electrons. The van der Waals surface area contributed by atoms with Crippen LogP contribution in [0.25, 0.3) is 0 Å². The van der Waals surface area contributed by atoms with Gasteiger partial charge in [-0.05, 0) is 19.9 Å². The highest BCUT2D eigenvalue weighted by Crippen LogP contribution is 2.32. The van der Waals surface area contributed by atoms with Crippen molar-refractivity contribution in [3.63, 3.8) is 0 Å². The Labute approximate surface area is 86.6 Å². The van der Waals surface area contributed by atoms with Gasteiger partial charge in [-0.1, -0.05) is 11.6 Å². The van der Waals surface area contributed by atoms with Crippen LogP contribution in [0.15, 0.2) is 12.1 Å². The van der Waals surface area contributed by atoms with E-state index < -0.39 is 4.92 Å². The first-order valence-corrected chi connectivity index (χ1v) is 4.51. The Kier molecular flexibility index (Phi) is 3.30. The number of halogens is 1. The molecule has 0 atom stereocenters. The summed E-state index contributed by atoms with van der Waals surface area (Å²) in [4.78, 5) is 10.1. The molecule has 5 heteroatoms. The maximum absolute atomic E-state index is 10.6. The maximum Gasteiger partial charge on any atom is 0.291 e. The van der Waals surface area contributed by atoms with E-state index in [0.29, 0.717) is 17.9 Å². The Morgan fingerprint density at radius 3 is 2.64 bits per heavy atom. The molecule has 0 unspecified atom stereocenters. The van der Waals surface area contributed by atoms with E-state index >= 15 is 0 Å². The third kappa shape index (κ3) is 2.14. The minimum Gasteiger partial charge on any atom is -0.494 e. The first-order valence-electron chi connectivity index (χ1n) is 4.13. The van der Waals surface area contributed by atoms with E-state index in [-0.39, 0.29) is 10.7 Å². The van der Waals surface area contributed by atoms with Gasteiger partial charge in [0.15, 0.2) is 0 Å². The van der Waals surface area contributed by atoms with Crippen LogP contribution in [0.3, 0.4) is 0 Å². The molecule has 1 aromatic carbocycles. The number of nitro benzene ring substituents is 1. The van der Waals surface area contributed by atoms with Crippen molar-refractivity contribution in [3.8, 4) is 5.75 Å². The fourth-order valence-corrected chi connectivity index (χ4v) is 1.51. The lowest BCUT2D eigenvalue weighted by molar-refractivity contribution is -0.385. The molecule has 0 saturated carbocycles. The zero-order chi connectivity index (χ0) is 10.7. The molecule has 76 valence electrons. The zero-order valence-electron chi connectivity index (χ0n) is 7.91. The van der Waals surface area contributed by atoms with Crippen LogP contribution in [0.2, 0.25) is 5.02 Å². The van der Waals surface area contributed by atoms with Crippen LogP contribution in [0.1, 0.15) is 12.5 Å². The van der Waals surface area contributed by atoms with Gasteiger partial charge in [-0.15, -0.1) is 0 Å². The molecule has 0 spiro atoms. The van der Waals surface area contributed by atoms with Crippen LogP contribution >= 0.6 is 11.6 Å². The number of aryl methyl sites for hydroxylation is 1. The minimum atomic E-state index is -0.493. The molecule has 0 aromatic heterocycles. The summed E-state index contributed by atoms with van der Waals surface area (Å²) >= 11 is 5.74. The molecule has 14 heavy (non-hydrogen) atoms. The first kappa shape index (κ1) is 10.8. The molecule has 0 heterocycles. The summed E-state index contributed by atoms with van der Waals surface area (Å²) in [6, 6.07) is 3.06. The van der Waals surface area contributed by atoms with Crippen LogP contribution in [-0.2, 0) is 0 Å². The topological polar surface area (TPSA) is 52.4 Å². The van der Waals surface area contributed by atoms with Crippen LogP contribution in [0.4, 0.5) is 5.69 Å². The van der Waals surface area contributed by atoms with Crippen molar-refractivity contribution in [2.24, 2.45) is 0 Å². The molecule has 0 amide bonds. The Morgan fingerprint density at radius 2 is 2.21 bits per heavy atom. The van der Waals surface area contributed by atoms with Gasteiger partial charge in [0.2, 0.25) is 0 Å². The summed E-state index contributed by atoms with van der Waals surface area (Å²) < 4.78 is 5.20. The van der Waals surface area contributed by atoms with Gasteiger partial charge in [-0.25, -0.2) is 0 Å². The standard InChI is InChI=1S/C9H10ClNO3/c1-3-14-7-4-6(2)9(11(12)13)8(10)5-7/h4-5H,3H2,1-2H3. The number of hydrogen-bond donors (Lipinski definition) is 0. The predicted molar refractivity (Wildman–Crippen MR) is 54.0 cm³/mol. The molecule has 0 aliphatic carbocycles. The smallest absolute Gasteiger partial charge is 0.291 e. The van der Waals surface area contributed by atoms with Crippen molar-refractivity contribution in [2.75, 3.05) is 6.61 Å². The number of hydrogen-bond acceptors (Lipinski definition) is 3. The van der Waals surface area contributed by atoms with E-state index in [1.165, 1.54) is 6.07 Å². The maximum atomic E-state index is 10.6. The molecule has 0 fully saturated rings. The molecular weight excluding hydrogens is 206 g/mol. The summed E-state index contributed by atoms with van der Waals surface area (Å²) in [5.41, 5.74) is 0.445. The van der Waals surface area contributed by atoms with Gasteiger partial charge >= 0.3 is 0 Å². The summed E-state index contributed by atoms with van der Waals surface area (Å²) in [6.45, 7) is 3.98. The molecule has 0 N–H and O–H groups in total. The van der Waals surface area contributed by atoms with Crippen molar-refractivity contribution in [3.05, 3.63) is 32.8 Å². The number of rotatable bonds is 3. The van der Waals surface area contributed by atoms with Gasteiger partial charge in [0.05, 0.1) is 11.5 Å². The summed E-state index contributed by atoms with van der Waals surface area (Å²) in [6.07, 6.45) is 0. The Balaban J connectivity index is 3.18. The van der Waals surface area contributed by atoms with Gasteiger partial charge in [0, 0.05) is 11.6 Å². The molecular formula is C9H10ClNO3. The van der Waals surface area contributed by atoms with Gasteiger partial charge in [0.25, 0.3) is 5.69 Å². The van der Waals surface area contributed by atoms with Crippen molar-refractivity contribution in [2.45, 2.75) is 13.8 Å². The molecule has 0 bridgehead atoms. The number of benzene rings is 1. The normalized spacial score (nSPS) is 9.93. The van der Waals surface area contributed by atoms with E-state index in [0.717, 1.165) is 0 Å². The SMILES string of the molecule is CCOc1cc(C)c([N+](=O)[O-])c(Cl)c1. The van der Waals surface area contributed by atoms with Crippen molar-refractivity contribution in [1.82, 2.24) is 0 Å². The van der Waals surface area contributed by atoms with Crippen molar-refractivity contribution >= 4 is 17.3 Å². The van der Waals surface area contributed by atoms with Crippen LogP contribution in [-0.4, -0.2) is 11.5 Å². The van der Waals surface area contributed by atoms with Crippen LogP contribution in [0, 0.1) is 17.0 Å². The summed E-state index contributed by atoms with van der Waals surface area (Å²) in [5.74, 6) is 0.556. The molecule has 0 aliphatic rings. The summed E-state index contributed by atoms with van der Waals surface area (Å²) in [5, 5.41) is 10.7. The number of nitrogens with zero attached hydrogens (tertiary/aromatic N) is 1. The largest absolute Gasteiger partial charge is 0.494 e. The van der Waals surface area contributed by atoms with Crippen LogP contribution in [0.5, 0.6) is 5.75 Å². The molecule has 0 aliphatic heterocycles. The second-order valence-corrected chi connectivity index (χ2v) is 3.17. The van der Waals surface area contributed by atoms with E-state index in [1.807, 2.05) is 6.92 Å². The van der Waals surface area contributed by atoms with Gasteiger partial charge < -0.3 is 4.74 Å². The Morgan fingerprint density at radius 1 is 1.57 bits per heavy atom. The van der Waals surface area contributed by atoms with E-state index in [4.69, 9.17) is 16.3 Å². The van der Waals surface area contributed by atoms with E-state index in [2.05, 4.69) is 0 Å². The van der Waals surface area contributed by atoms with Gasteiger partial charge in [0.1, 0.15) is 10.8 Å². The molecule has 1 aromatic rings. The highest BCUT2D eigenvalue weighted by atomic mass is 35.5. The minimum absolute atomic E-state index is 0.0601. The monoisotopic (exact) mass is 215 g/mol. The third-order valence-corrected chi connectivity index (χ3v) is 2.01. The second-order valence-electron chi connectivity index (χ2n) is 2.76. The average Bonchev–Trinajstić information content (AvgIpc) is 2.01. The molecule has 1 rings (SSSR count). The lowest BCUT2D eigenvalue weighted by Gasteiger charge is -2.05. The predicted octanol–water partition coefficient (Wildman–Crippen LogP) is 2.96. The van der Waals surface area contributed by atoms with Crippen LogP contribution < -0.4 is 4.74 Å². The second kappa shape index (κ2) is 4.28. The lowest BCUT2D eigenvalue weighted by Crippen LogP contribution is -1.96. The first-order chi connectivity index (χ1) is 6.56. The fraction of sp³-hybridized carbons (Fsp3) is 0.333. The fourth-order valence-electron chi connectivity index (χ4n) is 1.19. The van der Waals surface area contributed by atoms with Crippen molar-refractivity contribution in [1.29, 1.82) is 0 Å². The quantitative estimate of drug-likeness (QED) is 0.575. The lowest BCUT2D eigenvalue weighted by atomic mass is 10.2. The Hall–Kier alpha value is -1.29. The molecule has 0 saturated heterocycles. The highest BCUT2D eigenvalue weighted by molar-refractivity contribution is 6.32. The summed E-state index contributed by atoms with van der Waals surface area (Å²) in [7, 11) is 0. The average molecular weight is 216 g/mol. The highest BCUT2D eigenvalue weighted by Gasteiger charge is 2.17. The van der Waals surface area contributed by atoms with Gasteiger partial charge in [-0.2, -0.15) is 0 Å². The van der Waals surface area contributed by atoms with Gasteiger partial charge in [-0.3, -0.25) is 10.1 Å². The van der Waals surface area contributed by atoms with E-state index in [1.54, 1.807) is 13.0 Å². The number of ether oxygens (including phenoxy) is 1. The Bertz CT molecular complexity index is 342. The number of nitro groups is 1.